The molecule has 2 aromatic rings. The second-order valence-electron chi connectivity index (χ2n) is 7.12. The van der Waals surface area contributed by atoms with Gasteiger partial charge in [0.05, 0.1) is 6.10 Å². The molecule has 0 unspecified atom stereocenters. The van der Waals surface area contributed by atoms with Crippen LogP contribution >= 0.6 is 0 Å². The van der Waals surface area contributed by atoms with Crippen molar-refractivity contribution < 1.29 is 4.74 Å². The van der Waals surface area contributed by atoms with Crippen LogP contribution in [0.3, 0.4) is 0 Å². The summed E-state index contributed by atoms with van der Waals surface area (Å²) in [6, 6.07) is 15.6. The lowest BCUT2D eigenvalue weighted by Gasteiger charge is -2.22. The summed E-state index contributed by atoms with van der Waals surface area (Å²) in [6.07, 6.45) is 7.08. The van der Waals surface area contributed by atoms with Gasteiger partial charge in [0.1, 0.15) is 5.75 Å². The Morgan fingerprint density at radius 2 is 1.61 bits per heavy atom. The Balaban J connectivity index is 1.88. The highest BCUT2D eigenvalue weighted by Crippen LogP contribution is 2.36. The molecule has 1 nitrogen and oxygen atoms in total. The van der Waals surface area contributed by atoms with E-state index in [1.165, 1.54) is 54.4 Å². The summed E-state index contributed by atoms with van der Waals surface area (Å²) in [5.74, 6) is 1.75. The molecule has 0 heterocycles. The van der Waals surface area contributed by atoms with Gasteiger partial charge in [-0.2, -0.15) is 0 Å². The van der Waals surface area contributed by atoms with Gasteiger partial charge in [-0.25, -0.2) is 0 Å². The third-order valence-corrected chi connectivity index (χ3v) is 4.80. The third kappa shape index (κ3) is 3.96. The maximum absolute atomic E-state index is 6.00. The maximum atomic E-state index is 6.00. The van der Waals surface area contributed by atoms with Crippen molar-refractivity contribution in [2.75, 3.05) is 0 Å². The van der Waals surface area contributed by atoms with E-state index in [2.05, 4.69) is 63.2 Å². The van der Waals surface area contributed by atoms with Crippen molar-refractivity contribution in [2.45, 2.75) is 64.9 Å². The zero-order valence-corrected chi connectivity index (χ0v) is 14.6. The third-order valence-electron chi connectivity index (χ3n) is 4.80. The summed E-state index contributed by atoms with van der Waals surface area (Å²) in [6.45, 7) is 6.30. The predicted molar refractivity (Wildman–Crippen MR) is 98.2 cm³/mol. The minimum Gasteiger partial charge on any atom is -0.490 e. The molecule has 0 saturated heterocycles. The fourth-order valence-corrected chi connectivity index (χ4v) is 3.60. The van der Waals surface area contributed by atoms with Crippen molar-refractivity contribution in [3.63, 3.8) is 0 Å². The van der Waals surface area contributed by atoms with Gasteiger partial charge in [0.15, 0.2) is 0 Å². The van der Waals surface area contributed by atoms with Gasteiger partial charge in [0.2, 0.25) is 0 Å². The Hall–Kier alpha value is -1.76. The van der Waals surface area contributed by atoms with Gasteiger partial charge in [-0.05, 0) is 62.8 Å². The summed E-state index contributed by atoms with van der Waals surface area (Å²) < 4.78 is 6.00. The van der Waals surface area contributed by atoms with Gasteiger partial charge in [0, 0.05) is 5.56 Å². The van der Waals surface area contributed by atoms with E-state index in [1.807, 2.05) is 0 Å². The monoisotopic (exact) mass is 308 g/mol. The highest BCUT2D eigenvalue weighted by Gasteiger charge is 2.16. The molecule has 0 spiro atoms. The zero-order valence-electron chi connectivity index (χ0n) is 14.6. The lowest BCUT2D eigenvalue weighted by atomic mass is 9.83. The highest BCUT2D eigenvalue weighted by molar-refractivity contribution is 5.71. The van der Waals surface area contributed by atoms with E-state index in [0.29, 0.717) is 0 Å². The van der Waals surface area contributed by atoms with Crippen LogP contribution in [0.1, 0.15) is 63.0 Å². The fourth-order valence-electron chi connectivity index (χ4n) is 3.60. The molecule has 1 aliphatic rings. The van der Waals surface area contributed by atoms with Gasteiger partial charge in [-0.3, -0.25) is 0 Å². The number of ether oxygens (including phenoxy) is 1. The average Bonchev–Trinajstić information content (AvgIpc) is 2.57. The lowest BCUT2D eigenvalue weighted by molar-refractivity contribution is 0.243. The lowest BCUT2D eigenvalue weighted by Crippen LogP contribution is -2.07. The molecule has 1 heteroatoms. The van der Waals surface area contributed by atoms with Gasteiger partial charge in [-0.1, -0.05) is 55.2 Å². The number of rotatable bonds is 4. The molecule has 0 aromatic heterocycles. The largest absolute Gasteiger partial charge is 0.490 e. The zero-order chi connectivity index (χ0) is 16.2. The molecule has 1 aliphatic carbocycles. The Bertz CT molecular complexity index is 634. The summed E-state index contributed by atoms with van der Waals surface area (Å²) >= 11 is 0. The Labute approximate surface area is 140 Å². The molecule has 1 saturated carbocycles. The van der Waals surface area contributed by atoms with E-state index >= 15 is 0 Å². The van der Waals surface area contributed by atoms with E-state index in [1.54, 1.807) is 0 Å². The molecule has 2 aromatic carbocycles. The van der Waals surface area contributed by atoms with Gasteiger partial charge in [-0.15, -0.1) is 0 Å². The van der Waals surface area contributed by atoms with Crippen molar-refractivity contribution in [1.29, 1.82) is 0 Å². The van der Waals surface area contributed by atoms with Crippen LogP contribution in [0.4, 0.5) is 0 Å². The SMILES string of the molecule is Cc1ccc(OC(C)C)c(-c2ccc(C3CCCCC3)cc2)c1. The molecule has 1 fully saturated rings. The normalized spacial score (nSPS) is 15.8. The van der Waals surface area contributed by atoms with Crippen LogP contribution in [0, 0.1) is 6.92 Å². The molecule has 23 heavy (non-hydrogen) atoms. The van der Waals surface area contributed by atoms with Crippen LogP contribution in [0.2, 0.25) is 0 Å². The first kappa shape index (κ1) is 16.1. The average molecular weight is 308 g/mol. The van der Waals surface area contributed by atoms with Crippen molar-refractivity contribution in [3.05, 3.63) is 53.6 Å². The first-order chi connectivity index (χ1) is 11.1. The molecule has 0 aliphatic heterocycles. The van der Waals surface area contributed by atoms with Crippen molar-refractivity contribution in [2.24, 2.45) is 0 Å². The molecular formula is C22H28O. The maximum Gasteiger partial charge on any atom is 0.127 e. The van der Waals surface area contributed by atoms with Gasteiger partial charge < -0.3 is 4.74 Å². The van der Waals surface area contributed by atoms with Crippen molar-refractivity contribution >= 4 is 0 Å². The van der Waals surface area contributed by atoms with E-state index in [0.717, 1.165) is 11.7 Å². The molecule has 0 atom stereocenters. The molecule has 0 radical (unpaired) electrons. The van der Waals surface area contributed by atoms with Crippen LogP contribution in [-0.4, -0.2) is 6.10 Å². The van der Waals surface area contributed by atoms with E-state index < -0.39 is 0 Å². The van der Waals surface area contributed by atoms with Gasteiger partial charge >= 0.3 is 0 Å². The quantitative estimate of drug-likeness (QED) is 0.626. The molecular weight excluding hydrogens is 280 g/mol. The number of aryl methyl sites for hydroxylation is 1. The smallest absolute Gasteiger partial charge is 0.127 e. The van der Waals surface area contributed by atoms with Crippen molar-refractivity contribution in [3.8, 4) is 16.9 Å². The van der Waals surface area contributed by atoms with Gasteiger partial charge in [0.25, 0.3) is 0 Å². The highest BCUT2D eigenvalue weighted by atomic mass is 16.5. The van der Waals surface area contributed by atoms with E-state index in [9.17, 15) is 0 Å². The minimum absolute atomic E-state index is 0.193. The fraction of sp³-hybridized carbons (Fsp3) is 0.455. The summed E-state index contributed by atoms with van der Waals surface area (Å²) in [5, 5.41) is 0. The topological polar surface area (TPSA) is 9.23 Å². The molecule has 0 bridgehead atoms. The van der Waals surface area contributed by atoms with Crippen LogP contribution in [0.5, 0.6) is 5.75 Å². The molecule has 0 amide bonds. The molecule has 3 rings (SSSR count). The van der Waals surface area contributed by atoms with Crippen LogP contribution in [0.25, 0.3) is 11.1 Å². The van der Waals surface area contributed by atoms with Crippen molar-refractivity contribution in [1.82, 2.24) is 0 Å². The number of hydrogen-bond donors (Lipinski definition) is 0. The first-order valence-corrected chi connectivity index (χ1v) is 9.01. The number of benzene rings is 2. The summed E-state index contributed by atoms with van der Waals surface area (Å²) in [7, 11) is 0. The van der Waals surface area contributed by atoms with Crippen LogP contribution in [-0.2, 0) is 0 Å². The first-order valence-electron chi connectivity index (χ1n) is 9.01. The molecule has 0 N–H and O–H groups in total. The van der Waals surface area contributed by atoms with Crippen LogP contribution in [0.15, 0.2) is 42.5 Å². The minimum atomic E-state index is 0.193. The Morgan fingerprint density at radius 3 is 2.26 bits per heavy atom. The van der Waals surface area contributed by atoms with E-state index in [-0.39, 0.29) is 6.10 Å². The number of hydrogen-bond acceptors (Lipinski definition) is 1. The second-order valence-corrected chi connectivity index (χ2v) is 7.12. The van der Waals surface area contributed by atoms with E-state index in [4.69, 9.17) is 4.74 Å². The Morgan fingerprint density at radius 1 is 0.913 bits per heavy atom. The standard InChI is InChI=1S/C22H28O/c1-16(2)23-22-14-9-17(3)15-21(22)20-12-10-19(11-13-20)18-7-5-4-6-8-18/h9-16,18H,4-8H2,1-3H3. The predicted octanol–water partition coefficient (Wildman–Crippen LogP) is 6.50. The molecule has 122 valence electrons. The Kier molecular flexibility index (Phi) is 5.05. The second kappa shape index (κ2) is 7.21. The summed E-state index contributed by atoms with van der Waals surface area (Å²) in [4.78, 5) is 0. The summed E-state index contributed by atoms with van der Waals surface area (Å²) in [5.41, 5.74) is 5.23. The van der Waals surface area contributed by atoms with Crippen LogP contribution < -0.4 is 4.74 Å².